The van der Waals surface area contributed by atoms with Crippen molar-refractivity contribution >= 4 is 29.3 Å². The van der Waals surface area contributed by atoms with Crippen LogP contribution in [0.2, 0.25) is 0 Å². The van der Waals surface area contributed by atoms with Gasteiger partial charge in [0.05, 0.1) is 11.0 Å². The standard InChI is InChI=1S/C28H39ClO6/c1-6-23(32)34-16-22(31)28(35-24(33)7-2)17(3)14-20-19-12-11-18-10-8-9-13-25(18,4)27(19,29)21(30)15-26(20,28)5/h9-10,13,17,19-21,30H,6-8,11-12,14-16H2,1-5H3/t17-,19-,20-,21-,25-,26-,27-,28-/m0/s1. The van der Waals surface area contributed by atoms with Gasteiger partial charge in [-0.1, -0.05) is 58.4 Å². The third-order valence-electron chi connectivity index (χ3n) is 9.87. The number of halogens is 1. The van der Waals surface area contributed by atoms with Crippen molar-refractivity contribution in [2.75, 3.05) is 6.61 Å². The summed E-state index contributed by atoms with van der Waals surface area (Å²) >= 11 is 7.54. The number of fused-ring (bicyclic) bond motifs is 5. The zero-order valence-corrected chi connectivity index (χ0v) is 22.3. The zero-order chi connectivity index (χ0) is 25.8. The van der Waals surface area contributed by atoms with Crippen LogP contribution >= 0.6 is 11.6 Å². The summed E-state index contributed by atoms with van der Waals surface area (Å²) in [5.74, 6) is -1.77. The van der Waals surface area contributed by atoms with Crippen molar-refractivity contribution < 1.29 is 29.0 Å². The van der Waals surface area contributed by atoms with Crippen LogP contribution < -0.4 is 0 Å². The number of aliphatic hydroxyl groups excluding tert-OH is 1. The summed E-state index contributed by atoms with van der Waals surface area (Å²) < 4.78 is 11.3. The summed E-state index contributed by atoms with van der Waals surface area (Å²) in [6.45, 7) is 8.94. The van der Waals surface area contributed by atoms with Crippen LogP contribution in [-0.2, 0) is 23.9 Å². The fourth-order valence-corrected chi connectivity index (χ4v) is 8.67. The summed E-state index contributed by atoms with van der Waals surface area (Å²) in [5.41, 5.74) is -1.54. The first-order chi connectivity index (χ1) is 16.4. The third kappa shape index (κ3) is 3.49. The molecule has 0 aliphatic heterocycles. The Morgan fingerprint density at radius 2 is 1.83 bits per heavy atom. The number of hydrogen-bond donors (Lipinski definition) is 1. The lowest BCUT2D eigenvalue weighted by molar-refractivity contribution is -0.203. The lowest BCUT2D eigenvalue weighted by Gasteiger charge is -2.64. The Labute approximate surface area is 213 Å². The van der Waals surface area contributed by atoms with E-state index in [1.165, 1.54) is 5.57 Å². The molecule has 4 aliphatic carbocycles. The predicted octanol–water partition coefficient (Wildman–Crippen LogP) is 4.91. The summed E-state index contributed by atoms with van der Waals surface area (Å²) in [7, 11) is 0. The largest absolute Gasteiger partial charge is 0.457 e. The molecule has 4 rings (SSSR count). The second-order valence-electron chi connectivity index (χ2n) is 11.4. The third-order valence-corrected chi connectivity index (χ3v) is 10.8. The molecule has 0 aromatic carbocycles. The van der Waals surface area contributed by atoms with E-state index in [0.717, 1.165) is 19.3 Å². The molecule has 0 amide bonds. The minimum Gasteiger partial charge on any atom is -0.457 e. The fraction of sp³-hybridized carbons (Fsp3) is 0.750. The normalized spacial score (nSPS) is 43.9. The summed E-state index contributed by atoms with van der Waals surface area (Å²) in [4.78, 5) is 37.5. The molecule has 4 aliphatic rings. The number of alkyl halides is 1. The molecule has 35 heavy (non-hydrogen) atoms. The Bertz CT molecular complexity index is 972. The van der Waals surface area contributed by atoms with Crippen LogP contribution in [0.25, 0.3) is 0 Å². The Morgan fingerprint density at radius 1 is 1.14 bits per heavy atom. The lowest BCUT2D eigenvalue weighted by Crippen LogP contribution is -2.69. The second kappa shape index (κ2) is 9.02. The van der Waals surface area contributed by atoms with E-state index in [1.54, 1.807) is 13.8 Å². The first-order valence-electron chi connectivity index (χ1n) is 13.1. The average molecular weight is 507 g/mol. The van der Waals surface area contributed by atoms with Gasteiger partial charge in [-0.2, -0.15) is 0 Å². The van der Waals surface area contributed by atoms with Crippen molar-refractivity contribution in [1.29, 1.82) is 0 Å². The van der Waals surface area contributed by atoms with Gasteiger partial charge in [-0.05, 0) is 43.9 Å². The molecule has 7 heteroatoms. The lowest BCUT2D eigenvalue weighted by atomic mass is 9.45. The van der Waals surface area contributed by atoms with Gasteiger partial charge in [-0.15, -0.1) is 11.6 Å². The molecule has 3 saturated carbocycles. The Balaban J connectivity index is 1.80. The second-order valence-corrected chi connectivity index (χ2v) is 12.0. The van der Waals surface area contributed by atoms with Crippen molar-refractivity contribution in [2.24, 2.45) is 28.6 Å². The molecule has 3 fully saturated rings. The van der Waals surface area contributed by atoms with E-state index in [-0.39, 0.29) is 37.0 Å². The highest BCUT2D eigenvalue weighted by Crippen LogP contribution is 2.72. The number of carbonyl (C=O) groups excluding carboxylic acids is 3. The number of ether oxygens (including phenoxy) is 2. The van der Waals surface area contributed by atoms with Gasteiger partial charge in [0.25, 0.3) is 0 Å². The van der Waals surface area contributed by atoms with Crippen LogP contribution in [0.15, 0.2) is 23.8 Å². The molecule has 0 saturated heterocycles. The molecule has 8 atom stereocenters. The van der Waals surface area contributed by atoms with Crippen molar-refractivity contribution in [1.82, 2.24) is 0 Å². The highest BCUT2D eigenvalue weighted by molar-refractivity contribution is 6.26. The van der Waals surface area contributed by atoms with Crippen molar-refractivity contribution in [2.45, 2.75) is 96.1 Å². The molecular formula is C28H39ClO6. The Hall–Kier alpha value is -1.66. The fourth-order valence-electron chi connectivity index (χ4n) is 8.14. The molecule has 6 nitrogen and oxygen atoms in total. The van der Waals surface area contributed by atoms with Crippen LogP contribution in [0.4, 0.5) is 0 Å². The van der Waals surface area contributed by atoms with E-state index in [1.807, 2.05) is 13.8 Å². The molecular weight excluding hydrogens is 468 g/mol. The van der Waals surface area contributed by atoms with Gasteiger partial charge in [0.1, 0.15) is 0 Å². The number of aliphatic hydroxyl groups is 1. The maximum atomic E-state index is 13.9. The minimum atomic E-state index is -1.49. The Morgan fingerprint density at radius 3 is 2.49 bits per heavy atom. The van der Waals surface area contributed by atoms with Gasteiger partial charge in [-0.25, -0.2) is 0 Å². The summed E-state index contributed by atoms with van der Waals surface area (Å²) in [6, 6.07) is 0. The zero-order valence-electron chi connectivity index (χ0n) is 21.6. The van der Waals surface area contributed by atoms with Crippen molar-refractivity contribution in [3.63, 3.8) is 0 Å². The van der Waals surface area contributed by atoms with Crippen LogP contribution in [0.5, 0.6) is 0 Å². The van der Waals surface area contributed by atoms with Crippen molar-refractivity contribution in [3.05, 3.63) is 23.8 Å². The number of hydrogen-bond acceptors (Lipinski definition) is 6. The molecule has 0 spiro atoms. The van der Waals surface area contributed by atoms with Crippen LogP contribution in [0, 0.1) is 28.6 Å². The SMILES string of the molecule is CCC(=O)OCC(=O)[C@@]1(OC(=O)CC)[C@@H](C)C[C@H]2[C@@H]3CCC4=CCC=C[C@]4(C)[C@@]3(Cl)[C@@H](O)C[C@@]21C. The highest BCUT2D eigenvalue weighted by atomic mass is 35.5. The van der Waals surface area contributed by atoms with Crippen LogP contribution in [0.1, 0.15) is 79.6 Å². The molecule has 0 bridgehead atoms. The van der Waals surface area contributed by atoms with E-state index < -0.39 is 51.7 Å². The number of carbonyl (C=O) groups is 3. The smallest absolute Gasteiger partial charge is 0.306 e. The number of Topliss-reactive ketones (excluding diaryl/α,β-unsaturated/α-hetero) is 1. The monoisotopic (exact) mass is 506 g/mol. The molecule has 0 aromatic rings. The predicted molar refractivity (Wildman–Crippen MR) is 133 cm³/mol. The van der Waals surface area contributed by atoms with E-state index in [4.69, 9.17) is 21.1 Å². The average Bonchev–Trinajstić information content (AvgIpc) is 3.04. The maximum Gasteiger partial charge on any atom is 0.306 e. The molecule has 0 unspecified atom stereocenters. The van der Waals surface area contributed by atoms with Gasteiger partial charge >= 0.3 is 11.9 Å². The quantitative estimate of drug-likeness (QED) is 0.313. The van der Waals surface area contributed by atoms with E-state index in [9.17, 15) is 19.5 Å². The number of rotatable bonds is 6. The van der Waals surface area contributed by atoms with Crippen molar-refractivity contribution in [3.8, 4) is 0 Å². The minimum absolute atomic E-state index is 0.0393. The van der Waals surface area contributed by atoms with E-state index in [2.05, 4.69) is 25.2 Å². The summed E-state index contributed by atoms with van der Waals surface area (Å²) in [5, 5.41) is 11.8. The molecule has 0 aromatic heterocycles. The molecule has 0 heterocycles. The van der Waals surface area contributed by atoms with E-state index >= 15 is 0 Å². The number of ketones is 1. The van der Waals surface area contributed by atoms with Gasteiger partial charge in [-0.3, -0.25) is 14.4 Å². The first-order valence-corrected chi connectivity index (χ1v) is 13.4. The summed E-state index contributed by atoms with van der Waals surface area (Å²) in [6.07, 6.45) is 9.31. The van der Waals surface area contributed by atoms with Crippen LogP contribution in [0.3, 0.4) is 0 Å². The first kappa shape index (κ1) is 26.4. The molecule has 0 radical (unpaired) electrons. The molecule has 1 N–H and O–H groups in total. The maximum absolute atomic E-state index is 13.9. The van der Waals surface area contributed by atoms with Gasteiger partial charge < -0.3 is 14.6 Å². The van der Waals surface area contributed by atoms with Gasteiger partial charge in [0.2, 0.25) is 5.78 Å². The molecule has 194 valence electrons. The number of esters is 2. The van der Waals surface area contributed by atoms with E-state index in [0.29, 0.717) is 6.42 Å². The van der Waals surface area contributed by atoms with Crippen LogP contribution in [-0.4, -0.2) is 46.0 Å². The number of allylic oxidation sites excluding steroid dienone is 4. The van der Waals surface area contributed by atoms with Gasteiger partial charge in [0.15, 0.2) is 12.2 Å². The van der Waals surface area contributed by atoms with Gasteiger partial charge in [0, 0.05) is 29.6 Å². The topological polar surface area (TPSA) is 89.9 Å². The Kier molecular flexibility index (Phi) is 6.81. The highest BCUT2D eigenvalue weighted by Gasteiger charge is 2.76.